The molecule has 0 radical (unpaired) electrons. The number of carboxylic acids is 1. The topological polar surface area (TPSA) is 66.8 Å². The smallest absolute Gasteiger partial charge is 0.410 e. The molecule has 1 fully saturated rings. The lowest BCUT2D eigenvalue weighted by Gasteiger charge is -2.44. The molecule has 2 bridgehead atoms. The summed E-state index contributed by atoms with van der Waals surface area (Å²) >= 11 is 0. The van der Waals surface area contributed by atoms with E-state index in [9.17, 15) is 14.0 Å². The van der Waals surface area contributed by atoms with E-state index in [1.165, 1.54) is 34.4 Å². The van der Waals surface area contributed by atoms with Gasteiger partial charge in [-0.1, -0.05) is 60.7 Å². The minimum absolute atomic E-state index is 0.00723. The number of rotatable bonds is 4. The van der Waals surface area contributed by atoms with E-state index in [1.807, 2.05) is 35.2 Å². The van der Waals surface area contributed by atoms with Crippen LogP contribution in [0.1, 0.15) is 58.6 Å². The highest BCUT2D eigenvalue weighted by molar-refractivity contribution is 5.88. The van der Waals surface area contributed by atoms with Crippen LogP contribution >= 0.6 is 0 Å². The minimum Gasteiger partial charge on any atom is -0.478 e. The number of hydrogen-bond donors (Lipinski definition) is 1. The summed E-state index contributed by atoms with van der Waals surface area (Å²) in [6.07, 6.45) is 4.99. The Bertz CT molecular complexity index is 1350. The largest absolute Gasteiger partial charge is 0.478 e. The Hall–Kier alpha value is -3.93. The van der Waals surface area contributed by atoms with Crippen LogP contribution < -0.4 is 0 Å². The van der Waals surface area contributed by atoms with Crippen LogP contribution in [0.5, 0.6) is 0 Å². The van der Waals surface area contributed by atoms with Crippen LogP contribution in [0.2, 0.25) is 0 Å². The Labute approximate surface area is 208 Å². The quantitative estimate of drug-likeness (QED) is 0.461. The summed E-state index contributed by atoms with van der Waals surface area (Å²) in [5.74, 6) is -2.02. The molecule has 3 aliphatic rings. The fraction of sp³-hybridized carbons (Fsp3) is 0.267. The van der Waals surface area contributed by atoms with E-state index in [0.29, 0.717) is 12.0 Å². The minimum atomic E-state index is -1.28. The van der Waals surface area contributed by atoms with Gasteiger partial charge in [0.25, 0.3) is 0 Å². The maximum absolute atomic E-state index is 14.3. The molecule has 1 N–H and O–H groups in total. The van der Waals surface area contributed by atoms with Crippen molar-refractivity contribution in [2.45, 2.75) is 43.7 Å². The summed E-state index contributed by atoms with van der Waals surface area (Å²) in [5.41, 5.74) is 6.02. The average Bonchev–Trinajstić information content (AvgIpc) is 3.20. The van der Waals surface area contributed by atoms with Crippen LogP contribution in [0, 0.1) is 5.82 Å². The Kier molecular flexibility index (Phi) is 5.59. The van der Waals surface area contributed by atoms with Crippen molar-refractivity contribution < 1.29 is 23.8 Å². The van der Waals surface area contributed by atoms with E-state index >= 15 is 0 Å². The maximum Gasteiger partial charge on any atom is 0.410 e. The molecule has 0 aromatic heterocycles. The Morgan fingerprint density at radius 2 is 1.67 bits per heavy atom. The molecule has 3 aromatic carbocycles. The standard InChI is InChI=1S/C30H26FNO4/c31-28-16-18(12-13-26(28)29(33)34)19-14-20-6-5-7-21(15-19)32(20)30(35)36-17-27-24-10-3-1-8-22(24)23-9-2-4-11-25(23)27/h1-4,8-14,16,20-21,27H,5-7,15,17H2,(H,33,34). The van der Waals surface area contributed by atoms with E-state index < -0.39 is 11.8 Å². The number of halogens is 1. The molecule has 5 nitrogen and oxygen atoms in total. The summed E-state index contributed by atoms with van der Waals surface area (Å²) in [6.45, 7) is 0.279. The molecule has 1 saturated heterocycles. The summed E-state index contributed by atoms with van der Waals surface area (Å²) in [7, 11) is 0. The lowest BCUT2D eigenvalue weighted by Crippen LogP contribution is -2.51. The lowest BCUT2D eigenvalue weighted by atomic mass is 9.83. The Morgan fingerprint density at radius 1 is 0.972 bits per heavy atom. The third kappa shape index (κ3) is 3.77. The van der Waals surface area contributed by atoms with Crippen molar-refractivity contribution in [3.63, 3.8) is 0 Å². The van der Waals surface area contributed by atoms with E-state index in [0.717, 1.165) is 24.8 Å². The molecule has 0 saturated carbocycles. The monoisotopic (exact) mass is 483 g/mol. The van der Waals surface area contributed by atoms with Gasteiger partial charge in [0.1, 0.15) is 12.4 Å². The second kappa shape index (κ2) is 8.94. The van der Waals surface area contributed by atoms with Crippen LogP contribution in [0.15, 0.2) is 72.8 Å². The molecule has 36 heavy (non-hydrogen) atoms. The number of carboxylic acid groups (broad SMARTS) is 1. The molecule has 2 aliphatic heterocycles. The van der Waals surface area contributed by atoms with Crippen molar-refractivity contribution in [3.05, 3.63) is 101 Å². The number of fused-ring (bicyclic) bond motifs is 5. The molecule has 1 aliphatic carbocycles. The first-order chi connectivity index (χ1) is 17.5. The van der Waals surface area contributed by atoms with Gasteiger partial charge < -0.3 is 9.84 Å². The number of ether oxygens (including phenoxy) is 1. The highest BCUT2D eigenvalue weighted by atomic mass is 19.1. The van der Waals surface area contributed by atoms with E-state index in [1.54, 1.807) is 6.07 Å². The first-order valence-corrected chi connectivity index (χ1v) is 12.4. The predicted molar refractivity (Wildman–Crippen MR) is 134 cm³/mol. The molecular weight excluding hydrogens is 457 g/mol. The van der Waals surface area contributed by atoms with Crippen LogP contribution in [-0.4, -0.2) is 40.8 Å². The van der Waals surface area contributed by atoms with Gasteiger partial charge in [-0.15, -0.1) is 0 Å². The number of amides is 1. The maximum atomic E-state index is 14.3. The Morgan fingerprint density at radius 3 is 2.31 bits per heavy atom. The predicted octanol–water partition coefficient (Wildman–Crippen LogP) is 6.48. The number of aromatic carboxylic acids is 1. The molecule has 182 valence electrons. The normalized spacial score (nSPS) is 20.4. The van der Waals surface area contributed by atoms with Crippen molar-refractivity contribution in [3.8, 4) is 11.1 Å². The van der Waals surface area contributed by atoms with Crippen LogP contribution in [0.4, 0.5) is 9.18 Å². The summed E-state index contributed by atoms with van der Waals surface area (Å²) in [6, 6.07) is 20.6. The first kappa shape index (κ1) is 22.5. The zero-order valence-electron chi connectivity index (χ0n) is 19.7. The molecule has 2 atom stereocenters. The van der Waals surface area contributed by atoms with Crippen molar-refractivity contribution in [1.29, 1.82) is 0 Å². The van der Waals surface area contributed by atoms with E-state index in [4.69, 9.17) is 9.84 Å². The third-order valence-corrected chi connectivity index (χ3v) is 7.75. The molecule has 3 aromatic rings. The van der Waals surface area contributed by atoms with Gasteiger partial charge >= 0.3 is 12.1 Å². The van der Waals surface area contributed by atoms with Gasteiger partial charge in [-0.05, 0) is 71.2 Å². The lowest BCUT2D eigenvalue weighted by molar-refractivity contribution is 0.0538. The number of hydrogen-bond acceptors (Lipinski definition) is 3. The van der Waals surface area contributed by atoms with Crippen LogP contribution in [0.25, 0.3) is 16.7 Å². The zero-order chi connectivity index (χ0) is 24.8. The van der Waals surface area contributed by atoms with Crippen molar-refractivity contribution in [2.24, 2.45) is 0 Å². The fourth-order valence-corrected chi connectivity index (χ4v) is 6.09. The van der Waals surface area contributed by atoms with Gasteiger partial charge in [-0.25, -0.2) is 14.0 Å². The molecule has 0 spiro atoms. The van der Waals surface area contributed by atoms with Crippen LogP contribution in [-0.2, 0) is 4.74 Å². The highest BCUT2D eigenvalue weighted by Crippen LogP contribution is 2.45. The highest BCUT2D eigenvalue weighted by Gasteiger charge is 2.39. The average molecular weight is 484 g/mol. The van der Waals surface area contributed by atoms with Crippen LogP contribution in [0.3, 0.4) is 0 Å². The van der Waals surface area contributed by atoms with Crippen molar-refractivity contribution in [1.82, 2.24) is 4.90 Å². The molecular formula is C30H26FNO4. The Balaban J connectivity index is 1.21. The second-order valence-corrected chi connectivity index (χ2v) is 9.76. The number of piperidine rings is 1. The van der Waals surface area contributed by atoms with Gasteiger partial charge in [-0.2, -0.15) is 0 Å². The summed E-state index contributed by atoms with van der Waals surface area (Å²) < 4.78 is 20.3. The SMILES string of the molecule is O=C(O)c1ccc(C2=CC3CCCC(C2)N3C(=O)OCC2c3ccccc3-c3ccccc32)cc1F. The van der Waals surface area contributed by atoms with Crippen molar-refractivity contribution >= 4 is 17.6 Å². The molecule has 2 heterocycles. The van der Waals surface area contributed by atoms with Gasteiger partial charge in [0.05, 0.1) is 11.6 Å². The summed E-state index contributed by atoms with van der Waals surface area (Å²) in [5, 5.41) is 9.12. The first-order valence-electron chi connectivity index (χ1n) is 12.4. The third-order valence-electron chi connectivity index (χ3n) is 7.75. The van der Waals surface area contributed by atoms with Gasteiger partial charge in [0.15, 0.2) is 0 Å². The number of carbonyl (C=O) groups is 2. The zero-order valence-corrected chi connectivity index (χ0v) is 19.7. The number of benzene rings is 3. The fourth-order valence-electron chi connectivity index (χ4n) is 6.09. The number of carbonyl (C=O) groups excluding carboxylic acids is 1. The molecule has 6 rings (SSSR count). The van der Waals surface area contributed by atoms with E-state index in [2.05, 4.69) is 24.3 Å². The molecule has 2 unspecified atom stereocenters. The van der Waals surface area contributed by atoms with Crippen molar-refractivity contribution in [2.75, 3.05) is 6.61 Å². The van der Waals surface area contributed by atoms with Gasteiger partial charge in [0, 0.05) is 12.0 Å². The van der Waals surface area contributed by atoms with E-state index in [-0.39, 0.29) is 36.3 Å². The van der Waals surface area contributed by atoms with Gasteiger partial charge in [0.2, 0.25) is 0 Å². The van der Waals surface area contributed by atoms with Gasteiger partial charge in [-0.3, -0.25) is 4.90 Å². The molecule has 6 heteroatoms. The number of nitrogens with zero attached hydrogens (tertiary/aromatic N) is 1. The second-order valence-electron chi connectivity index (χ2n) is 9.76. The summed E-state index contributed by atoms with van der Waals surface area (Å²) in [4.78, 5) is 26.4. The molecule has 1 amide bonds.